The number of carbonyl (C=O) groups excluding carboxylic acids is 1. The first-order chi connectivity index (χ1) is 9.51. The highest BCUT2D eigenvalue weighted by atomic mass is 35.5. The van der Waals surface area contributed by atoms with E-state index in [0.29, 0.717) is 23.8 Å². The molecule has 7 heteroatoms. The van der Waals surface area contributed by atoms with Crippen LogP contribution in [-0.4, -0.2) is 33.3 Å². The highest BCUT2D eigenvalue weighted by Crippen LogP contribution is 2.33. The lowest BCUT2D eigenvalue weighted by atomic mass is 10.1. The molecule has 0 aromatic heterocycles. The summed E-state index contributed by atoms with van der Waals surface area (Å²) in [6.45, 7) is 2.09. The van der Waals surface area contributed by atoms with Crippen LogP contribution >= 0.6 is 12.4 Å². The van der Waals surface area contributed by atoms with Crippen LogP contribution in [0.1, 0.15) is 18.9 Å². The topological polar surface area (TPSA) is 82.8 Å². The van der Waals surface area contributed by atoms with Gasteiger partial charge in [-0.3, -0.25) is 4.79 Å². The molecule has 6 nitrogen and oxygen atoms in total. The number of hydrogen-bond donors (Lipinski definition) is 2. The van der Waals surface area contributed by atoms with E-state index in [4.69, 9.17) is 19.9 Å². The summed E-state index contributed by atoms with van der Waals surface area (Å²) in [6.07, 6.45) is 0.279. The largest absolute Gasteiger partial charge is 0.496 e. The molecule has 0 aliphatic rings. The van der Waals surface area contributed by atoms with Crippen molar-refractivity contribution < 1.29 is 19.0 Å². The predicted octanol–water partition coefficient (Wildman–Crippen LogP) is 1.49. The molecule has 0 radical (unpaired) electrons. The summed E-state index contributed by atoms with van der Waals surface area (Å²) in [5.74, 6) is 1.72. The first-order valence-corrected chi connectivity index (χ1v) is 6.33. The number of rotatable bonds is 7. The minimum atomic E-state index is -0.172. The van der Waals surface area contributed by atoms with Crippen LogP contribution in [0.4, 0.5) is 0 Å². The smallest absolute Gasteiger partial charge is 0.221 e. The number of ether oxygens (including phenoxy) is 3. The molecule has 0 heterocycles. The van der Waals surface area contributed by atoms with Crippen LogP contribution in [0.5, 0.6) is 17.2 Å². The minimum Gasteiger partial charge on any atom is -0.496 e. The highest BCUT2D eigenvalue weighted by molar-refractivity contribution is 5.85. The van der Waals surface area contributed by atoms with Gasteiger partial charge in [0.25, 0.3) is 0 Å². The molecule has 0 saturated heterocycles. The summed E-state index contributed by atoms with van der Waals surface area (Å²) in [5.41, 5.74) is 6.34. The molecule has 0 saturated carbocycles. The number of hydrogen-bond acceptors (Lipinski definition) is 5. The number of amides is 1. The van der Waals surface area contributed by atoms with Gasteiger partial charge in [0.2, 0.25) is 5.91 Å². The van der Waals surface area contributed by atoms with Crippen molar-refractivity contribution in [1.82, 2.24) is 5.32 Å². The van der Waals surface area contributed by atoms with Gasteiger partial charge in [-0.05, 0) is 6.92 Å². The molecule has 1 rings (SSSR count). The van der Waals surface area contributed by atoms with E-state index < -0.39 is 0 Å². The summed E-state index contributed by atoms with van der Waals surface area (Å²) in [4.78, 5) is 11.7. The second kappa shape index (κ2) is 9.31. The van der Waals surface area contributed by atoms with Crippen molar-refractivity contribution in [3.8, 4) is 17.2 Å². The van der Waals surface area contributed by atoms with Crippen LogP contribution in [0.15, 0.2) is 12.1 Å². The van der Waals surface area contributed by atoms with Gasteiger partial charge in [0.15, 0.2) is 0 Å². The van der Waals surface area contributed by atoms with E-state index >= 15 is 0 Å². The van der Waals surface area contributed by atoms with Crippen molar-refractivity contribution in [3.63, 3.8) is 0 Å². The monoisotopic (exact) mass is 318 g/mol. The fourth-order valence-electron chi connectivity index (χ4n) is 1.80. The van der Waals surface area contributed by atoms with E-state index in [0.717, 1.165) is 5.56 Å². The van der Waals surface area contributed by atoms with E-state index in [2.05, 4.69) is 5.32 Å². The average Bonchev–Trinajstić information content (AvgIpc) is 2.43. The minimum absolute atomic E-state index is 0. The molecule has 1 amide bonds. The molecule has 1 aromatic carbocycles. The average molecular weight is 319 g/mol. The Morgan fingerprint density at radius 2 is 1.71 bits per heavy atom. The number of nitrogens with one attached hydrogen (secondary N) is 1. The molecular formula is C14H23ClN2O4. The van der Waals surface area contributed by atoms with Crippen molar-refractivity contribution >= 4 is 18.3 Å². The molecule has 1 atom stereocenters. The van der Waals surface area contributed by atoms with Gasteiger partial charge in [-0.2, -0.15) is 0 Å². The third kappa shape index (κ3) is 5.69. The lowest BCUT2D eigenvalue weighted by molar-refractivity contribution is -0.121. The van der Waals surface area contributed by atoms with Crippen LogP contribution in [0.25, 0.3) is 0 Å². The highest BCUT2D eigenvalue weighted by Gasteiger charge is 2.14. The molecular weight excluding hydrogens is 296 g/mol. The van der Waals surface area contributed by atoms with Gasteiger partial charge < -0.3 is 25.3 Å². The van der Waals surface area contributed by atoms with Gasteiger partial charge >= 0.3 is 0 Å². The molecule has 0 aliphatic heterocycles. The molecule has 0 fully saturated rings. The second-order valence-electron chi connectivity index (χ2n) is 4.47. The van der Waals surface area contributed by atoms with Gasteiger partial charge in [0.05, 0.1) is 33.4 Å². The van der Waals surface area contributed by atoms with E-state index in [9.17, 15) is 4.79 Å². The first kappa shape index (κ1) is 19.3. The Balaban J connectivity index is 0.00000400. The van der Waals surface area contributed by atoms with E-state index in [1.165, 1.54) is 0 Å². The molecule has 0 aliphatic carbocycles. The lowest BCUT2D eigenvalue weighted by Gasteiger charge is -2.16. The van der Waals surface area contributed by atoms with Crippen molar-refractivity contribution in [2.45, 2.75) is 25.9 Å². The van der Waals surface area contributed by atoms with Crippen LogP contribution in [-0.2, 0) is 11.3 Å². The number of nitrogens with two attached hydrogens (primary N) is 1. The number of carbonyl (C=O) groups is 1. The maximum atomic E-state index is 11.7. The van der Waals surface area contributed by atoms with Crippen molar-refractivity contribution in [1.29, 1.82) is 0 Å². The van der Waals surface area contributed by atoms with Crippen molar-refractivity contribution in [2.24, 2.45) is 5.73 Å². The molecule has 120 valence electrons. The zero-order valence-corrected chi connectivity index (χ0v) is 13.6. The molecule has 1 aromatic rings. The van der Waals surface area contributed by atoms with Gasteiger partial charge in [-0.1, -0.05) is 0 Å². The van der Waals surface area contributed by atoms with Gasteiger partial charge in [-0.15, -0.1) is 12.4 Å². The van der Waals surface area contributed by atoms with E-state index in [-0.39, 0.29) is 30.8 Å². The quantitative estimate of drug-likeness (QED) is 0.796. The third-order valence-electron chi connectivity index (χ3n) is 2.79. The number of methoxy groups -OCH3 is 3. The number of halogens is 1. The molecule has 0 bridgehead atoms. The lowest BCUT2D eigenvalue weighted by Crippen LogP contribution is -2.29. The molecule has 1 unspecified atom stereocenters. The summed E-state index contributed by atoms with van der Waals surface area (Å²) < 4.78 is 15.8. The van der Waals surface area contributed by atoms with E-state index in [1.54, 1.807) is 40.4 Å². The van der Waals surface area contributed by atoms with Crippen LogP contribution in [0.2, 0.25) is 0 Å². The van der Waals surface area contributed by atoms with Crippen LogP contribution in [0.3, 0.4) is 0 Å². The Labute approximate surface area is 131 Å². The normalized spacial score (nSPS) is 11.1. The standard InChI is InChI=1S/C14H22N2O4.ClH/c1-9(15)5-14(17)16-8-11-12(19-3)6-10(18-2)7-13(11)20-4;/h6-7,9H,5,8,15H2,1-4H3,(H,16,17);1H. The Kier molecular flexibility index (Phi) is 8.57. The fourth-order valence-corrected chi connectivity index (χ4v) is 1.80. The zero-order chi connectivity index (χ0) is 15.1. The Morgan fingerprint density at radius 3 is 2.10 bits per heavy atom. The van der Waals surface area contributed by atoms with Crippen molar-refractivity contribution in [2.75, 3.05) is 21.3 Å². The number of benzene rings is 1. The van der Waals surface area contributed by atoms with Gasteiger partial charge in [-0.25, -0.2) is 0 Å². The Bertz CT molecular complexity index is 441. The zero-order valence-electron chi connectivity index (χ0n) is 12.8. The third-order valence-corrected chi connectivity index (χ3v) is 2.79. The SMILES string of the molecule is COc1cc(OC)c(CNC(=O)CC(C)N)c(OC)c1.Cl. The molecule has 3 N–H and O–H groups in total. The summed E-state index contributed by atoms with van der Waals surface area (Å²) in [7, 11) is 4.68. The van der Waals surface area contributed by atoms with Crippen LogP contribution < -0.4 is 25.3 Å². The summed E-state index contributed by atoms with van der Waals surface area (Å²) in [6, 6.07) is 3.32. The molecule has 21 heavy (non-hydrogen) atoms. The van der Waals surface area contributed by atoms with Crippen LogP contribution in [0, 0.1) is 0 Å². The Morgan fingerprint density at radius 1 is 1.19 bits per heavy atom. The van der Waals surface area contributed by atoms with Crippen molar-refractivity contribution in [3.05, 3.63) is 17.7 Å². The maximum Gasteiger partial charge on any atom is 0.221 e. The predicted molar refractivity (Wildman–Crippen MR) is 83.5 cm³/mol. The van der Waals surface area contributed by atoms with Gasteiger partial charge in [0, 0.05) is 24.6 Å². The second-order valence-corrected chi connectivity index (χ2v) is 4.47. The van der Waals surface area contributed by atoms with E-state index in [1.807, 2.05) is 0 Å². The van der Waals surface area contributed by atoms with Gasteiger partial charge in [0.1, 0.15) is 17.2 Å². The summed E-state index contributed by atoms with van der Waals surface area (Å²) >= 11 is 0. The fraction of sp³-hybridized carbons (Fsp3) is 0.500. The first-order valence-electron chi connectivity index (χ1n) is 6.33. The molecule has 0 spiro atoms. The summed E-state index contributed by atoms with van der Waals surface area (Å²) in [5, 5.41) is 2.80. The Hall–Kier alpha value is -1.66. The maximum absolute atomic E-state index is 11.7.